The molecule has 0 spiro atoms. The molecule has 1 aromatic rings. The predicted molar refractivity (Wildman–Crippen MR) is 95.8 cm³/mol. The van der Waals surface area contributed by atoms with Gasteiger partial charge in [-0.2, -0.15) is 0 Å². The average molecular weight is 393 g/mol. The molecule has 0 aliphatic carbocycles. The summed E-state index contributed by atoms with van der Waals surface area (Å²) >= 11 is 11.9. The van der Waals surface area contributed by atoms with Crippen LogP contribution < -0.4 is 10.1 Å². The number of halogens is 2. The van der Waals surface area contributed by atoms with Gasteiger partial charge >= 0.3 is 11.9 Å². The highest BCUT2D eigenvalue weighted by Gasteiger charge is 2.08. The number of carboxylic acid groups (broad SMARTS) is 2. The zero-order valence-electron chi connectivity index (χ0n) is 13.7. The van der Waals surface area contributed by atoms with E-state index in [0.717, 1.165) is 45.6 Å². The summed E-state index contributed by atoms with van der Waals surface area (Å²) in [7, 11) is 0. The summed E-state index contributed by atoms with van der Waals surface area (Å²) in [5.74, 6) is -2.97. The normalized spacial score (nSPS) is 14.3. The van der Waals surface area contributed by atoms with E-state index in [1.165, 1.54) is 0 Å². The van der Waals surface area contributed by atoms with Crippen LogP contribution in [0.15, 0.2) is 18.2 Å². The monoisotopic (exact) mass is 392 g/mol. The minimum absolute atomic E-state index is 0.617. The maximum absolute atomic E-state index is 9.10. The number of piperazine rings is 1. The largest absolute Gasteiger partial charge is 0.492 e. The van der Waals surface area contributed by atoms with E-state index >= 15 is 0 Å². The summed E-state index contributed by atoms with van der Waals surface area (Å²) in [6, 6.07) is 5.29. The summed E-state index contributed by atoms with van der Waals surface area (Å²) in [4.78, 5) is 20.7. The minimum Gasteiger partial charge on any atom is -0.492 e. The molecule has 1 heterocycles. The number of rotatable bonds is 6. The molecular weight excluding hydrogens is 371 g/mol. The van der Waals surface area contributed by atoms with E-state index in [0.29, 0.717) is 22.4 Å². The van der Waals surface area contributed by atoms with Crippen molar-refractivity contribution in [2.45, 2.75) is 12.8 Å². The van der Waals surface area contributed by atoms with E-state index in [1.54, 1.807) is 18.2 Å². The van der Waals surface area contributed by atoms with Crippen LogP contribution in [0.5, 0.6) is 5.75 Å². The van der Waals surface area contributed by atoms with Gasteiger partial charge in [-0.1, -0.05) is 23.2 Å². The van der Waals surface area contributed by atoms with Crippen molar-refractivity contribution in [3.05, 3.63) is 28.2 Å². The van der Waals surface area contributed by atoms with Gasteiger partial charge in [0, 0.05) is 37.3 Å². The SMILES string of the molecule is Clc1ccc(Cl)c(OCCCCN2CCNCC2)c1.O=C(O)C(=O)O. The number of ether oxygens (including phenoxy) is 1. The average Bonchev–Trinajstić information content (AvgIpc) is 2.59. The third-order valence-electron chi connectivity index (χ3n) is 3.41. The molecule has 0 atom stereocenters. The Balaban J connectivity index is 0.000000450. The second-order valence-corrected chi connectivity index (χ2v) is 6.18. The highest BCUT2D eigenvalue weighted by Crippen LogP contribution is 2.27. The van der Waals surface area contributed by atoms with Crippen LogP contribution >= 0.6 is 23.2 Å². The molecule has 0 aromatic heterocycles. The molecule has 140 valence electrons. The Morgan fingerprint density at radius 1 is 1.12 bits per heavy atom. The highest BCUT2D eigenvalue weighted by molar-refractivity contribution is 6.34. The smallest absolute Gasteiger partial charge is 0.414 e. The van der Waals surface area contributed by atoms with Crippen LogP contribution in [0.1, 0.15) is 12.8 Å². The fraction of sp³-hybridized carbons (Fsp3) is 0.500. The van der Waals surface area contributed by atoms with Crippen molar-refractivity contribution in [2.24, 2.45) is 0 Å². The predicted octanol–water partition coefficient (Wildman–Crippen LogP) is 2.21. The molecule has 1 saturated heterocycles. The molecule has 1 aliphatic rings. The number of hydrogen-bond donors (Lipinski definition) is 3. The molecule has 0 saturated carbocycles. The Hall–Kier alpha value is -1.54. The van der Waals surface area contributed by atoms with Crippen LogP contribution in [0.25, 0.3) is 0 Å². The summed E-state index contributed by atoms with van der Waals surface area (Å²) in [6.45, 7) is 6.35. The Morgan fingerprint density at radius 3 is 2.36 bits per heavy atom. The summed E-state index contributed by atoms with van der Waals surface area (Å²) in [6.07, 6.45) is 2.19. The lowest BCUT2D eigenvalue weighted by atomic mass is 10.2. The number of carbonyl (C=O) groups is 2. The molecule has 0 radical (unpaired) electrons. The fourth-order valence-corrected chi connectivity index (χ4v) is 2.48. The Morgan fingerprint density at radius 2 is 1.76 bits per heavy atom. The standard InChI is InChI=1S/C14H20Cl2N2O.C2H2O4/c15-12-3-4-13(16)14(11-12)19-10-2-1-7-18-8-5-17-6-9-18;3-1(4)2(5)6/h3-4,11,17H,1-2,5-10H2;(H,3,4)(H,5,6). The second-order valence-electron chi connectivity index (χ2n) is 5.33. The number of aliphatic carboxylic acids is 2. The van der Waals surface area contributed by atoms with Crippen molar-refractivity contribution in [3.8, 4) is 5.75 Å². The topological polar surface area (TPSA) is 99.1 Å². The lowest BCUT2D eigenvalue weighted by molar-refractivity contribution is -0.159. The number of hydrogen-bond acceptors (Lipinski definition) is 5. The third kappa shape index (κ3) is 9.50. The molecule has 1 fully saturated rings. The molecule has 0 bridgehead atoms. The molecule has 3 N–H and O–H groups in total. The van der Waals surface area contributed by atoms with E-state index in [9.17, 15) is 0 Å². The van der Waals surface area contributed by atoms with Crippen molar-refractivity contribution in [1.82, 2.24) is 10.2 Å². The first-order valence-corrected chi connectivity index (χ1v) is 8.63. The van der Waals surface area contributed by atoms with E-state index in [2.05, 4.69) is 10.2 Å². The van der Waals surface area contributed by atoms with Crippen LogP contribution in [-0.2, 0) is 9.59 Å². The third-order valence-corrected chi connectivity index (χ3v) is 3.96. The molecular formula is C16H22Cl2N2O5. The first-order valence-electron chi connectivity index (χ1n) is 7.87. The van der Waals surface area contributed by atoms with Gasteiger partial charge in [-0.3, -0.25) is 0 Å². The van der Waals surface area contributed by atoms with Crippen LogP contribution in [-0.4, -0.2) is 66.4 Å². The second kappa shape index (κ2) is 11.9. The molecule has 0 amide bonds. The van der Waals surface area contributed by atoms with Crippen molar-refractivity contribution in [2.75, 3.05) is 39.3 Å². The van der Waals surface area contributed by atoms with Gasteiger partial charge in [0.25, 0.3) is 0 Å². The first kappa shape index (κ1) is 21.5. The van der Waals surface area contributed by atoms with Gasteiger partial charge in [-0.05, 0) is 31.5 Å². The van der Waals surface area contributed by atoms with Crippen molar-refractivity contribution in [3.63, 3.8) is 0 Å². The van der Waals surface area contributed by atoms with Crippen LogP contribution in [0.3, 0.4) is 0 Å². The summed E-state index contributed by atoms with van der Waals surface area (Å²) in [5, 5.41) is 19.4. The maximum atomic E-state index is 9.10. The molecule has 7 nitrogen and oxygen atoms in total. The lowest BCUT2D eigenvalue weighted by Crippen LogP contribution is -2.43. The zero-order chi connectivity index (χ0) is 18.7. The zero-order valence-corrected chi connectivity index (χ0v) is 15.2. The van der Waals surface area contributed by atoms with Crippen molar-refractivity contribution in [1.29, 1.82) is 0 Å². The highest BCUT2D eigenvalue weighted by atomic mass is 35.5. The summed E-state index contributed by atoms with van der Waals surface area (Å²) in [5.41, 5.74) is 0. The molecule has 25 heavy (non-hydrogen) atoms. The van der Waals surface area contributed by atoms with Gasteiger partial charge in [-0.15, -0.1) is 0 Å². The van der Waals surface area contributed by atoms with Gasteiger partial charge in [0.05, 0.1) is 11.6 Å². The number of benzene rings is 1. The maximum Gasteiger partial charge on any atom is 0.414 e. The Bertz CT molecular complexity index is 553. The van der Waals surface area contributed by atoms with Gasteiger partial charge in [0.15, 0.2) is 0 Å². The number of nitrogens with one attached hydrogen (secondary N) is 1. The van der Waals surface area contributed by atoms with E-state index in [-0.39, 0.29) is 0 Å². The minimum atomic E-state index is -1.82. The van der Waals surface area contributed by atoms with Crippen LogP contribution in [0.4, 0.5) is 0 Å². The number of nitrogens with zero attached hydrogens (tertiary/aromatic N) is 1. The summed E-state index contributed by atoms with van der Waals surface area (Å²) < 4.78 is 5.66. The fourth-order valence-electron chi connectivity index (χ4n) is 2.14. The number of carboxylic acids is 2. The molecule has 0 unspecified atom stereocenters. The molecule has 9 heteroatoms. The van der Waals surface area contributed by atoms with Crippen molar-refractivity contribution >= 4 is 35.1 Å². The van der Waals surface area contributed by atoms with Gasteiger partial charge in [0.1, 0.15) is 5.75 Å². The van der Waals surface area contributed by atoms with Gasteiger partial charge in [0.2, 0.25) is 0 Å². The van der Waals surface area contributed by atoms with Gasteiger partial charge in [-0.25, -0.2) is 9.59 Å². The quantitative estimate of drug-likeness (QED) is 0.504. The van der Waals surface area contributed by atoms with E-state index in [4.69, 9.17) is 47.7 Å². The first-order chi connectivity index (χ1) is 11.9. The lowest BCUT2D eigenvalue weighted by Gasteiger charge is -2.27. The molecule has 1 aliphatic heterocycles. The van der Waals surface area contributed by atoms with Crippen LogP contribution in [0.2, 0.25) is 10.0 Å². The van der Waals surface area contributed by atoms with Crippen LogP contribution in [0, 0.1) is 0 Å². The Kier molecular flexibility index (Phi) is 10.3. The Labute approximate surface area is 156 Å². The van der Waals surface area contributed by atoms with Gasteiger partial charge < -0.3 is 25.2 Å². The molecule has 2 rings (SSSR count). The van der Waals surface area contributed by atoms with E-state index < -0.39 is 11.9 Å². The van der Waals surface area contributed by atoms with E-state index in [1.807, 2.05) is 0 Å². The number of unbranched alkanes of at least 4 members (excludes halogenated alkanes) is 1. The molecule has 1 aromatic carbocycles. The van der Waals surface area contributed by atoms with Crippen molar-refractivity contribution < 1.29 is 24.5 Å².